The lowest BCUT2D eigenvalue weighted by molar-refractivity contribution is 0.262. The third kappa shape index (κ3) is 5.80. The van der Waals surface area contributed by atoms with Crippen LogP contribution in [0.15, 0.2) is 67.0 Å². The molecule has 0 aliphatic carbocycles. The van der Waals surface area contributed by atoms with Crippen LogP contribution < -0.4 is 15.4 Å². The van der Waals surface area contributed by atoms with Crippen molar-refractivity contribution in [1.82, 2.24) is 9.97 Å². The Kier molecular flexibility index (Phi) is 6.69. The van der Waals surface area contributed by atoms with Crippen LogP contribution in [0, 0.1) is 6.92 Å². The van der Waals surface area contributed by atoms with E-state index in [2.05, 4.69) is 52.2 Å². The number of rotatable bonds is 5. The number of nitrogens with one attached hydrogen (secondary N) is 3. The SMILES string of the molecule is Cc1ccc(C(C)(C)C)cc1NC(=O)Nc1ccc(-c2cnc(NS(C)(=O)=O)cn2)c2ccccc12. The average molecular weight is 504 g/mol. The van der Waals surface area contributed by atoms with Gasteiger partial charge in [0.1, 0.15) is 0 Å². The summed E-state index contributed by atoms with van der Waals surface area (Å²) in [6, 6.07) is 17.1. The van der Waals surface area contributed by atoms with Crippen LogP contribution in [-0.2, 0) is 15.4 Å². The van der Waals surface area contributed by atoms with Crippen LogP contribution in [0.2, 0.25) is 0 Å². The van der Waals surface area contributed by atoms with Crippen LogP contribution in [0.25, 0.3) is 22.0 Å². The molecule has 4 aromatic rings. The predicted molar refractivity (Wildman–Crippen MR) is 146 cm³/mol. The summed E-state index contributed by atoms with van der Waals surface area (Å²) in [5.41, 5.74) is 4.88. The highest BCUT2D eigenvalue weighted by Gasteiger charge is 2.16. The van der Waals surface area contributed by atoms with Crippen molar-refractivity contribution in [2.45, 2.75) is 33.1 Å². The van der Waals surface area contributed by atoms with Crippen molar-refractivity contribution in [2.24, 2.45) is 0 Å². The van der Waals surface area contributed by atoms with Gasteiger partial charge in [0.05, 0.1) is 30.0 Å². The number of carbonyl (C=O) groups is 1. The van der Waals surface area contributed by atoms with Gasteiger partial charge in [-0.3, -0.25) is 9.71 Å². The van der Waals surface area contributed by atoms with Crippen LogP contribution >= 0.6 is 0 Å². The Bertz CT molecular complexity index is 1540. The fourth-order valence-corrected chi connectivity index (χ4v) is 4.33. The second kappa shape index (κ2) is 9.58. The highest BCUT2D eigenvalue weighted by Crippen LogP contribution is 2.33. The number of benzene rings is 3. The molecule has 0 unspecified atom stereocenters. The van der Waals surface area contributed by atoms with E-state index in [0.29, 0.717) is 11.4 Å². The summed E-state index contributed by atoms with van der Waals surface area (Å²) in [5, 5.41) is 7.66. The van der Waals surface area contributed by atoms with Crippen LogP contribution in [0.5, 0.6) is 0 Å². The summed E-state index contributed by atoms with van der Waals surface area (Å²) in [6.45, 7) is 8.37. The molecule has 3 N–H and O–H groups in total. The Hall–Kier alpha value is -3.98. The quantitative estimate of drug-likeness (QED) is 0.313. The number of aromatic nitrogens is 2. The van der Waals surface area contributed by atoms with E-state index in [1.165, 1.54) is 12.4 Å². The molecule has 36 heavy (non-hydrogen) atoms. The zero-order valence-electron chi connectivity index (χ0n) is 20.9. The smallest absolute Gasteiger partial charge is 0.307 e. The largest absolute Gasteiger partial charge is 0.323 e. The lowest BCUT2D eigenvalue weighted by Gasteiger charge is -2.21. The molecule has 8 nitrogen and oxygen atoms in total. The molecule has 0 radical (unpaired) electrons. The first-order chi connectivity index (χ1) is 16.9. The molecule has 0 saturated heterocycles. The zero-order valence-corrected chi connectivity index (χ0v) is 21.7. The standard InChI is InChI=1S/C27H29N5O3S/c1-17-10-11-18(27(2,3)4)14-23(17)31-26(33)30-22-13-12-21(19-8-6-7-9-20(19)22)24-15-29-25(16-28-24)32-36(5,34)35/h6-16H,1-5H3,(H,29,32)(H2,30,31,33). The number of amides is 2. The number of fused-ring (bicyclic) bond motifs is 1. The molecule has 1 heterocycles. The Morgan fingerprint density at radius 3 is 2.19 bits per heavy atom. The summed E-state index contributed by atoms with van der Waals surface area (Å²) in [6.07, 6.45) is 3.94. The Morgan fingerprint density at radius 1 is 0.861 bits per heavy atom. The molecular formula is C27H29N5O3S. The molecule has 2 amide bonds. The monoisotopic (exact) mass is 503 g/mol. The maximum atomic E-state index is 12.9. The predicted octanol–water partition coefficient (Wildman–Crippen LogP) is 5.92. The van der Waals surface area contributed by atoms with Crippen LogP contribution in [0.3, 0.4) is 0 Å². The van der Waals surface area contributed by atoms with E-state index in [-0.39, 0.29) is 17.3 Å². The van der Waals surface area contributed by atoms with Gasteiger partial charge < -0.3 is 10.6 Å². The van der Waals surface area contributed by atoms with Crippen molar-refractivity contribution < 1.29 is 13.2 Å². The summed E-state index contributed by atoms with van der Waals surface area (Å²) < 4.78 is 25.2. The van der Waals surface area contributed by atoms with Crippen LogP contribution in [0.4, 0.5) is 22.0 Å². The number of anilines is 3. The van der Waals surface area contributed by atoms with Gasteiger partial charge in [0.2, 0.25) is 10.0 Å². The van der Waals surface area contributed by atoms with Crippen LogP contribution in [0.1, 0.15) is 31.9 Å². The van der Waals surface area contributed by atoms with Crippen molar-refractivity contribution in [2.75, 3.05) is 21.6 Å². The summed E-state index contributed by atoms with van der Waals surface area (Å²) >= 11 is 0. The number of nitrogens with zero attached hydrogens (tertiary/aromatic N) is 2. The maximum Gasteiger partial charge on any atom is 0.323 e. The van der Waals surface area contributed by atoms with Crippen molar-refractivity contribution in [1.29, 1.82) is 0 Å². The van der Waals surface area contributed by atoms with Crippen molar-refractivity contribution in [3.63, 3.8) is 0 Å². The first-order valence-electron chi connectivity index (χ1n) is 11.4. The number of carbonyl (C=O) groups excluding carboxylic acids is 1. The molecule has 0 saturated carbocycles. The molecule has 3 aromatic carbocycles. The van der Waals surface area contributed by atoms with E-state index < -0.39 is 10.0 Å². The van der Waals surface area contributed by atoms with Crippen LogP contribution in [-0.4, -0.2) is 30.7 Å². The molecule has 1 aromatic heterocycles. The third-order valence-corrected chi connectivity index (χ3v) is 6.32. The molecule has 0 atom stereocenters. The maximum absolute atomic E-state index is 12.9. The lowest BCUT2D eigenvalue weighted by Crippen LogP contribution is -2.21. The van der Waals surface area contributed by atoms with E-state index in [1.54, 1.807) is 0 Å². The molecule has 4 rings (SSSR count). The number of sulfonamides is 1. The number of urea groups is 1. The molecule has 0 spiro atoms. The van der Waals surface area contributed by atoms with Gasteiger partial charge in [-0.15, -0.1) is 0 Å². The van der Waals surface area contributed by atoms with Gasteiger partial charge in [-0.25, -0.2) is 18.2 Å². The first kappa shape index (κ1) is 25.1. The average Bonchev–Trinajstić information content (AvgIpc) is 2.80. The fraction of sp³-hybridized carbons (Fsp3) is 0.222. The van der Waals surface area contributed by atoms with Gasteiger partial charge >= 0.3 is 6.03 Å². The van der Waals surface area contributed by atoms with Crippen molar-refractivity contribution in [3.05, 3.63) is 78.1 Å². The van der Waals surface area contributed by atoms with Crippen molar-refractivity contribution in [3.8, 4) is 11.3 Å². The Morgan fingerprint density at radius 2 is 1.56 bits per heavy atom. The molecule has 0 aliphatic heterocycles. The second-order valence-electron chi connectivity index (χ2n) is 9.73. The highest BCUT2D eigenvalue weighted by molar-refractivity contribution is 7.92. The molecule has 0 bridgehead atoms. The molecular weight excluding hydrogens is 474 g/mol. The number of hydrogen-bond donors (Lipinski definition) is 3. The first-order valence-corrected chi connectivity index (χ1v) is 13.3. The molecule has 0 aliphatic rings. The topological polar surface area (TPSA) is 113 Å². The van der Waals surface area contributed by atoms with E-state index in [1.807, 2.05) is 55.5 Å². The van der Waals surface area contributed by atoms with Gasteiger partial charge in [-0.1, -0.05) is 63.2 Å². The molecule has 186 valence electrons. The molecule has 9 heteroatoms. The lowest BCUT2D eigenvalue weighted by atomic mass is 9.86. The van der Waals surface area contributed by atoms with Crippen molar-refractivity contribution >= 4 is 44.0 Å². The summed E-state index contributed by atoms with van der Waals surface area (Å²) in [4.78, 5) is 21.5. The van der Waals surface area contributed by atoms with Gasteiger partial charge in [-0.2, -0.15) is 0 Å². The number of hydrogen-bond acceptors (Lipinski definition) is 5. The number of aryl methyl sites for hydroxylation is 1. The normalized spacial score (nSPS) is 11.8. The Balaban J connectivity index is 1.61. The van der Waals surface area contributed by atoms with Gasteiger partial charge in [-0.05, 0) is 41.0 Å². The third-order valence-electron chi connectivity index (χ3n) is 5.74. The van der Waals surface area contributed by atoms with Gasteiger partial charge in [0, 0.05) is 16.6 Å². The summed E-state index contributed by atoms with van der Waals surface area (Å²) in [5.74, 6) is 0.145. The van der Waals surface area contributed by atoms with E-state index in [4.69, 9.17) is 0 Å². The van der Waals surface area contributed by atoms with E-state index >= 15 is 0 Å². The zero-order chi connectivity index (χ0) is 26.1. The van der Waals surface area contributed by atoms with Gasteiger partial charge in [0.25, 0.3) is 0 Å². The Labute approximate surface area is 211 Å². The fourth-order valence-electron chi connectivity index (χ4n) is 3.84. The minimum Gasteiger partial charge on any atom is -0.307 e. The van der Waals surface area contributed by atoms with E-state index in [9.17, 15) is 13.2 Å². The minimum atomic E-state index is -3.44. The highest BCUT2D eigenvalue weighted by atomic mass is 32.2. The van der Waals surface area contributed by atoms with Gasteiger partial charge in [0.15, 0.2) is 5.82 Å². The second-order valence-corrected chi connectivity index (χ2v) is 11.5. The van der Waals surface area contributed by atoms with E-state index in [0.717, 1.165) is 39.4 Å². The molecule has 0 fully saturated rings. The summed E-state index contributed by atoms with van der Waals surface area (Å²) in [7, 11) is -3.44. The minimum absolute atomic E-state index is 0.0331.